The fourth-order valence-electron chi connectivity index (χ4n) is 2.18. The van der Waals surface area contributed by atoms with Crippen LogP contribution in [0.4, 0.5) is 0 Å². The number of rotatable bonds is 2. The topological polar surface area (TPSA) is 17.1 Å². The van der Waals surface area contributed by atoms with Crippen LogP contribution in [0.1, 0.15) is 53.4 Å². The molecule has 0 aromatic carbocycles. The number of carbonyl (C=O) groups excluding carboxylic acids is 1. The van der Waals surface area contributed by atoms with Gasteiger partial charge in [0.25, 0.3) is 0 Å². The smallest absolute Gasteiger partial charge is 0.158 e. The van der Waals surface area contributed by atoms with E-state index in [1.54, 1.807) is 0 Å². The highest BCUT2D eigenvalue weighted by atomic mass is 16.1. The molecule has 1 atom stereocenters. The molecule has 1 saturated carbocycles. The summed E-state index contributed by atoms with van der Waals surface area (Å²) in [7, 11) is 0. The highest BCUT2D eigenvalue weighted by Crippen LogP contribution is 2.40. The van der Waals surface area contributed by atoms with E-state index >= 15 is 0 Å². The molecule has 1 heteroatoms. The second-order valence-electron chi connectivity index (χ2n) is 5.02. The van der Waals surface area contributed by atoms with Crippen molar-refractivity contribution >= 4 is 5.78 Å². The molecular weight excluding hydrogens is 172 g/mol. The fourth-order valence-corrected chi connectivity index (χ4v) is 2.18. The van der Waals surface area contributed by atoms with Gasteiger partial charge in [-0.15, -0.1) is 0 Å². The summed E-state index contributed by atoms with van der Waals surface area (Å²) in [5, 5.41) is 0. The minimum Gasteiger partial charge on any atom is -0.295 e. The van der Waals surface area contributed by atoms with Crippen LogP contribution in [0, 0.1) is 11.3 Å². The lowest BCUT2D eigenvalue weighted by atomic mass is 9.68. The maximum atomic E-state index is 11.5. The van der Waals surface area contributed by atoms with Crippen molar-refractivity contribution in [1.29, 1.82) is 0 Å². The van der Waals surface area contributed by atoms with E-state index in [2.05, 4.69) is 20.8 Å². The SMILES string of the molecule is C/C=C1\CC(C(C)(C)CC)CCC1=O. The largest absolute Gasteiger partial charge is 0.295 e. The van der Waals surface area contributed by atoms with Gasteiger partial charge in [-0.1, -0.05) is 33.3 Å². The third kappa shape index (κ3) is 2.26. The van der Waals surface area contributed by atoms with Gasteiger partial charge in [-0.05, 0) is 36.7 Å². The van der Waals surface area contributed by atoms with Gasteiger partial charge in [-0.2, -0.15) is 0 Å². The summed E-state index contributed by atoms with van der Waals surface area (Å²) < 4.78 is 0. The predicted octanol–water partition coefficient (Wildman–Crippen LogP) is 3.74. The number of hydrogen-bond acceptors (Lipinski definition) is 1. The van der Waals surface area contributed by atoms with E-state index in [4.69, 9.17) is 0 Å². The van der Waals surface area contributed by atoms with Crippen LogP contribution in [0.15, 0.2) is 11.6 Å². The zero-order valence-corrected chi connectivity index (χ0v) is 9.89. The van der Waals surface area contributed by atoms with Gasteiger partial charge in [0.1, 0.15) is 0 Å². The molecule has 14 heavy (non-hydrogen) atoms. The van der Waals surface area contributed by atoms with Gasteiger partial charge in [0.15, 0.2) is 5.78 Å². The van der Waals surface area contributed by atoms with Gasteiger partial charge < -0.3 is 0 Å². The van der Waals surface area contributed by atoms with Crippen LogP contribution in [0.3, 0.4) is 0 Å². The van der Waals surface area contributed by atoms with Crippen molar-refractivity contribution in [2.24, 2.45) is 11.3 Å². The molecular formula is C13H22O. The molecule has 0 amide bonds. The van der Waals surface area contributed by atoms with Gasteiger partial charge in [-0.3, -0.25) is 4.79 Å². The van der Waals surface area contributed by atoms with Gasteiger partial charge in [0.05, 0.1) is 0 Å². The van der Waals surface area contributed by atoms with Crippen molar-refractivity contribution < 1.29 is 4.79 Å². The van der Waals surface area contributed by atoms with Crippen LogP contribution in [0.2, 0.25) is 0 Å². The molecule has 0 N–H and O–H groups in total. The van der Waals surface area contributed by atoms with Gasteiger partial charge in [-0.25, -0.2) is 0 Å². The molecule has 1 unspecified atom stereocenters. The van der Waals surface area contributed by atoms with Crippen LogP contribution in [-0.4, -0.2) is 5.78 Å². The van der Waals surface area contributed by atoms with E-state index in [9.17, 15) is 4.79 Å². The van der Waals surface area contributed by atoms with Crippen LogP contribution in [-0.2, 0) is 4.79 Å². The number of ketones is 1. The summed E-state index contributed by atoms with van der Waals surface area (Å²) in [6.07, 6.45) is 6.03. The molecule has 1 fully saturated rings. The molecule has 0 spiro atoms. The van der Waals surface area contributed by atoms with Crippen molar-refractivity contribution in [3.63, 3.8) is 0 Å². The first-order chi connectivity index (χ1) is 6.51. The highest BCUT2D eigenvalue weighted by molar-refractivity contribution is 5.95. The Morgan fingerprint density at radius 3 is 2.64 bits per heavy atom. The first kappa shape index (κ1) is 11.5. The Balaban J connectivity index is 2.73. The number of hydrogen-bond donors (Lipinski definition) is 0. The fraction of sp³-hybridized carbons (Fsp3) is 0.769. The Kier molecular flexibility index (Phi) is 3.52. The quantitative estimate of drug-likeness (QED) is 0.612. The highest BCUT2D eigenvalue weighted by Gasteiger charge is 2.32. The molecule has 1 nitrogen and oxygen atoms in total. The van der Waals surface area contributed by atoms with E-state index in [1.165, 1.54) is 6.42 Å². The average Bonchev–Trinajstić information content (AvgIpc) is 2.18. The zero-order valence-electron chi connectivity index (χ0n) is 9.89. The lowest BCUT2D eigenvalue weighted by Gasteiger charge is -2.36. The molecule has 0 bridgehead atoms. The first-order valence-electron chi connectivity index (χ1n) is 5.69. The molecule has 0 heterocycles. The van der Waals surface area contributed by atoms with Crippen molar-refractivity contribution in [3.05, 3.63) is 11.6 Å². The van der Waals surface area contributed by atoms with E-state index in [0.717, 1.165) is 24.8 Å². The molecule has 0 aromatic heterocycles. The van der Waals surface area contributed by atoms with Gasteiger partial charge in [0, 0.05) is 6.42 Å². The van der Waals surface area contributed by atoms with E-state index in [0.29, 0.717) is 17.1 Å². The van der Waals surface area contributed by atoms with Crippen LogP contribution in [0.5, 0.6) is 0 Å². The molecule has 0 saturated heterocycles. The zero-order chi connectivity index (χ0) is 10.8. The standard InChI is InChI=1S/C13H22O/c1-5-10-9-11(7-8-12(10)14)13(3,4)6-2/h5,11H,6-9H2,1-4H3/b10-5+. The average molecular weight is 194 g/mol. The molecule has 0 aromatic rings. The Morgan fingerprint density at radius 2 is 2.14 bits per heavy atom. The summed E-state index contributed by atoms with van der Waals surface area (Å²) in [4.78, 5) is 11.5. The van der Waals surface area contributed by atoms with E-state index in [1.807, 2.05) is 13.0 Å². The Bertz CT molecular complexity index is 248. The Labute approximate surface area is 87.6 Å². The van der Waals surface area contributed by atoms with E-state index < -0.39 is 0 Å². The normalized spacial score (nSPS) is 27.0. The van der Waals surface area contributed by atoms with Gasteiger partial charge >= 0.3 is 0 Å². The predicted molar refractivity (Wildman–Crippen MR) is 60.2 cm³/mol. The molecule has 1 rings (SSSR count). The van der Waals surface area contributed by atoms with Crippen molar-refractivity contribution in [3.8, 4) is 0 Å². The summed E-state index contributed by atoms with van der Waals surface area (Å²) in [5.74, 6) is 1.06. The summed E-state index contributed by atoms with van der Waals surface area (Å²) >= 11 is 0. The molecule has 0 radical (unpaired) electrons. The minimum absolute atomic E-state index is 0.371. The lowest BCUT2D eigenvalue weighted by Crippen LogP contribution is -2.29. The molecule has 0 aliphatic heterocycles. The third-order valence-corrected chi connectivity index (χ3v) is 3.91. The minimum atomic E-state index is 0.371. The maximum Gasteiger partial charge on any atom is 0.158 e. The summed E-state index contributed by atoms with van der Waals surface area (Å²) in [6.45, 7) is 8.86. The second-order valence-corrected chi connectivity index (χ2v) is 5.02. The second kappa shape index (κ2) is 4.29. The van der Waals surface area contributed by atoms with Gasteiger partial charge in [0.2, 0.25) is 0 Å². The Morgan fingerprint density at radius 1 is 1.50 bits per heavy atom. The summed E-state index contributed by atoms with van der Waals surface area (Å²) in [6, 6.07) is 0. The van der Waals surface area contributed by atoms with Crippen molar-refractivity contribution in [1.82, 2.24) is 0 Å². The maximum absolute atomic E-state index is 11.5. The lowest BCUT2D eigenvalue weighted by molar-refractivity contribution is -0.117. The molecule has 80 valence electrons. The third-order valence-electron chi connectivity index (χ3n) is 3.91. The van der Waals surface area contributed by atoms with Crippen LogP contribution < -0.4 is 0 Å². The monoisotopic (exact) mass is 194 g/mol. The number of carbonyl (C=O) groups is 1. The molecule has 1 aliphatic rings. The molecule has 1 aliphatic carbocycles. The van der Waals surface area contributed by atoms with E-state index in [-0.39, 0.29) is 0 Å². The number of Topliss-reactive ketones (excluding diaryl/α,β-unsaturated/α-hetero) is 1. The van der Waals surface area contributed by atoms with Crippen LogP contribution in [0.25, 0.3) is 0 Å². The van der Waals surface area contributed by atoms with Crippen molar-refractivity contribution in [2.45, 2.75) is 53.4 Å². The summed E-state index contributed by atoms with van der Waals surface area (Å²) in [5.41, 5.74) is 1.44. The van der Waals surface area contributed by atoms with Crippen molar-refractivity contribution in [2.75, 3.05) is 0 Å². The Hall–Kier alpha value is -0.590. The first-order valence-corrected chi connectivity index (χ1v) is 5.69. The van der Waals surface area contributed by atoms with Crippen LogP contribution >= 0.6 is 0 Å². The number of allylic oxidation sites excluding steroid dienone is 2.